The second-order valence-corrected chi connectivity index (χ2v) is 5.60. The molecule has 1 N–H and O–H groups in total. The van der Waals surface area contributed by atoms with Crippen molar-refractivity contribution in [2.24, 2.45) is 5.92 Å². The van der Waals surface area contributed by atoms with Crippen molar-refractivity contribution < 1.29 is 9.18 Å². The van der Waals surface area contributed by atoms with Gasteiger partial charge in [-0.1, -0.05) is 29.8 Å². The Morgan fingerprint density at radius 2 is 2.12 bits per heavy atom. The maximum atomic E-state index is 12.9. The zero-order valence-corrected chi connectivity index (χ0v) is 12.8. The highest BCUT2D eigenvalue weighted by Crippen LogP contribution is 2.18. The monoisotopic (exact) mass is 365 g/mol. The van der Waals surface area contributed by atoms with Crippen LogP contribution in [0.4, 0.5) is 4.39 Å². The third kappa shape index (κ3) is 4.07. The molecule has 0 aromatic heterocycles. The van der Waals surface area contributed by atoms with Crippen LogP contribution in [-0.2, 0) is 0 Å². The minimum absolute atomic E-state index is 0.0550. The van der Waals surface area contributed by atoms with E-state index in [1.807, 2.05) is 13.8 Å². The summed E-state index contributed by atoms with van der Waals surface area (Å²) in [5, 5.41) is 3.59. The van der Waals surface area contributed by atoms with Crippen LogP contribution in [0.2, 0.25) is 0 Å². The number of nitrogens with one attached hydrogen (secondary N) is 1. The first-order valence-electron chi connectivity index (χ1n) is 5.27. The van der Waals surface area contributed by atoms with Crippen LogP contribution in [0.5, 0.6) is 0 Å². The topological polar surface area (TPSA) is 29.1 Å². The first kappa shape index (κ1) is 14.6. The molecule has 0 saturated heterocycles. The fourth-order valence-corrected chi connectivity index (χ4v) is 2.74. The molecule has 0 bridgehead atoms. The van der Waals surface area contributed by atoms with E-state index < -0.39 is 0 Å². The summed E-state index contributed by atoms with van der Waals surface area (Å²) >= 11 is 6.55. The molecule has 1 atom stereocenters. The van der Waals surface area contributed by atoms with Gasteiger partial charge in [0.05, 0.1) is 5.56 Å². The summed E-state index contributed by atoms with van der Waals surface area (Å²) in [5.74, 6) is -0.234. The van der Waals surface area contributed by atoms with E-state index in [2.05, 4.69) is 37.2 Å². The summed E-state index contributed by atoms with van der Waals surface area (Å²) < 4.78 is 13.4. The normalized spacial score (nSPS) is 12.6. The molecule has 0 heterocycles. The molecule has 0 spiro atoms. The first-order chi connectivity index (χ1) is 7.95. The van der Waals surface area contributed by atoms with E-state index >= 15 is 0 Å². The number of carbonyl (C=O) groups is 1. The van der Waals surface area contributed by atoms with Gasteiger partial charge in [0.25, 0.3) is 5.91 Å². The smallest absolute Gasteiger partial charge is 0.252 e. The molecule has 1 rings (SSSR count). The van der Waals surface area contributed by atoms with E-state index in [1.54, 1.807) is 0 Å². The summed E-state index contributed by atoms with van der Waals surface area (Å²) in [5.41, 5.74) is 0.443. The quantitative estimate of drug-likeness (QED) is 0.808. The van der Waals surface area contributed by atoms with Gasteiger partial charge in [-0.3, -0.25) is 4.79 Å². The van der Waals surface area contributed by atoms with Gasteiger partial charge >= 0.3 is 0 Å². The van der Waals surface area contributed by atoms with Crippen LogP contribution in [0.15, 0.2) is 22.7 Å². The number of rotatable bonds is 4. The van der Waals surface area contributed by atoms with Crippen molar-refractivity contribution in [3.63, 3.8) is 0 Å². The molecule has 5 heteroatoms. The molecule has 2 nitrogen and oxygen atoms in total. The van der Waals surface area contributed by atoms with Crippen LogP contribution in [0.25, 0.3) is 0 Å². The molecule has 1 aromatic carbocycles. The van der Waals surface area contributed by atoms with Crippen molar-refractivity contribution in [3.8, 4) is 0 Å². The fourth-order valence-electron chi connectivity index (χ4n) is 1.30. The van der Waals surface area contributed by atoms with Crippen molar-refractivity contribution in [1.29, 1.82) is 0 Å². The third-order valence-electron chi connectivity index (χ3n) is 2.46. The SMILES string of the molecule is CC(C)C(CBr)NC(=O)c1ccc(F)cc1Br. The number of hydrogen-bond donors (Lipinski definition) is 1. The largest absolute Gasteiger partial charge is 0.348 e. The Kier molecular flexibility index (Phi) is 5.59. The molecule has 0 aliphatic heterocycles. The van der Waals surface area contributed by atoms with Gasteiger partial charge in [-0.05, 0) is 40.0 Å². The number of hydrogen-bond acceptors (Lipinski definition) is 1. The van der Waals surface area contributed by atoms with Gasteiger partial charge in [-0.15, -0.1) is 0 Å². The Bertz CT molecular complexity index is 409. The van der Waals surface area contributed by atoms with Crippen molar-refractivity contribution >= 4 is 37.8 Å². The maximum absolute atomic E-state index is 12.9. The minimum Gasteiger partial charge on any atom is -0.348 e. The summed E-state index contributed by atoms with van der Waals surface area (Å²) in [7, 11) is 0. The number of alkyl halides is 1. The number of benzene rings is 1. The lowest BCUT2D eigenvalue weighted by Crippen LogP contribution is -2.39. The molecule has 0 fully saturated rings. The molecule has 1 unspecified atom stereocenters. The Hall–Kier alpha value is -0.420. The summed E-state index contributed by atoms with van der Waals surface area (Å²) in [4.78, 5) is 12.0. The van der Waals surface area contributed by atoms with Gasteiger partial charge in [-0.2, -0.15) is 0 Å². The van der Waals surface area contributed by atoms with Gasteiger partial charge in [0.15, 0.2) is 0 Å². The zero-order chi connectivity index (χ0) is 13.0. The van der Waals surface area contributed by atoms with Crippen LogP contribution in [0.3, 0.4) is 0 Å². The third-order valence-corrected chi connectivity index (χ3v) is 3.82. The molecule has 0 radical (unpaired) electrons. The molecule has 0 aliphatic carbocycles. The van der Waals surface area contributed by atoms with Gasteiger partial charge in [-0.25, -0.2) is 4.39 Å². The fraction of sp³-hybridized carbons (Fsp3) is 0.417. The highest BCUT2D eigenvalue weighted by atomic mass is 79.9. The molecule has 0 aliphatic rings. The summed E-state index contributed by atoms with van der Waals surface area (Å²) in [6, 6.07) is 4.09. The van der Waals surface area contributed by atoms with Crippen molar-refractivity contribution in [2.45, 2.75) is 19.9 Å². The minimum atomic E-state index is -0.366. The Morgan fingerprint density at radius 1 is 1.47 bits per heavy atom. The van der Waals surface area contributed by atoms with Crippen molar-refractivity contribution in [1.82, 2.24) is 5.32 Å². The highest BCUT2D eigenvalue weighted by Gasteiger charge is 2.17. The number of halogens is 3. The Morgan fingerprint density at radius 3 is 2.59 bits per heavy atom. The Labute approximate surface area is 117 Å². The molecule has 0 saturated carbocycles. The van der Waals surface area contributed by atoms with Crippen molar-refractivity contribution in [2.75, 3.05) is 5.33 Å². The average Bonchev–Trinajstić information content (AvgIpc) is 2.24. The highest BCUT2D eigenvalue weighted by molar-refractivity contribution is 9.10. The van der Waals surface area contributed by atoms with E-state index in [0.29, 0.717) is 21.3 Å². The number of carbonyl (C=O) groups excluding carboxylic acids is 1. The lowest BCUT2D eigenvalue weighted by atomic mass is 10.1. The van der Waals surface area contributed by atoms with Gasteiger partial charge in [0.1, 0.15) is 5.82 Å². The van der Waals surface area contributed by atoms with Crippen LogP contribution in [-0.4, -0.2) is 17.3 Å². The van der Waals surface area contributed by atoms with Gasteiger partial charge < -0.3 is 5.32 Å². The molecular weight excluding hydrogens is 353 g/mol. The van der Waals surface area contributed by atoms with E-state index in [9.17, 15) is 9.18 Å². The molecule has 1 amide bonds. The summed E-state index contributed by atoms with van der Waals surface area (Å²) in [6.07, 6.45) is 0. The predicted molar refractivity (Wildman–Crippen MR) is 74.0 cm³/mol. The van der Waals surface area contributed by atoms with Crippen LogP contribution >= 0.6 is 31.9 Å². The lowest BCUT2D eigenvalue weighted by molar-refractivity contribution is 0.0931. The average molecular weight is 367 g/mol. The maximum Gasteiger partial charge on any atom is 0.252 e. The molecular formula is C12H14Br2FNO. The van der Waals surface area contributed by atoms with Crippen LogP contribution in [0.1, 0.15) is 24.2 Å². The molecule has 1 aromatic rings. The van der Waals surface area contributed by atoms with E-state index in [1.165, 1.54) is 18.2 Å². The first-order valence-corrected chi connectivity index (χ1v) is 7.19. The van der Waals surface area contributed by atoms with E-state index in [4.69, 9.17) is 0 Å². The molecule has 94 valence electrons. The van der Waals surface area contributed by atoms with E-state index in [-0.39, 0.29) is 17.8 Å². The van der Waals surface area contributed by atoms with Crippen LogP contribution in [0, 0.1) is 11.7 Å². The Balaban J connectivity index is 2.82. The summed E-state index contributed by atoms with van der Waals surface area (Å²) in [6.45, 7) is 4.07. The standard InChI is InChI=1S/C12H14Br2FNO/c1-7(2)11(6-13)16-12(17)9-4-3-8(15)5-10(9)14/h3-5,7,11H,6H2,1-2H3,(H,16,17). The lowest BCUT2D eigenvalue weighted by Gasteiger charge is -2.20. The number of amides is 1. The van der Waals surface area contributed by atoms with Gasteiger partial charge in [0, 0.05) is 15.8 Å². The predicted octanol–water partition coefficient (Wildman–Crippen LogP) is 3.74. The second-order valence-electron chi connectivity index (χ2n) is 4.10. The van der Waals surface area contributed by atoms with E-state index in [0.717, 1.165) is 0 Å². The second kappa shape index (κ2) is 6.50. The van der Waals surface area contributed by atoms with Crippen molar-refractivity contribution in [3.05, 3.63) is 34.1 Å². The zero-order valence-electron chi connectivity index (χ0n) is 9.64. The molecule has 17 heavy (non-hydrogen) atoms. The van der Waals surface area contributed by atoms with Gasteiger partial charge in [0.2, 0.25) is 0 Å². The van der Waals surface area contributed by atoms with Crippen LogP contribution < -0.4 is 5.32 Å².